The molecule has 4 rings (SSSR count). The Labute approximate surface area is 169 Å². The molecule has 0 aromatic heterocycles. The van der Waals surface area contributed by atoms with Crippen molar-refractivity contribution in [2.75, 3.05) is 10.6 Å². The standard InChI is InChI=1S/C25H20N2O2/c1-17-6-4-9-20(14-17)24(28)26-22-11-5-10-21(16-22)25(29)27-23-13-12-18-7-2-3-8-19(18)15-23/h2-16H,1H3,(H,26,28)(H,27,29). The summed E-state index contributed by atoms with van der Waals surface area (Å²) in [6.45, 7) is 1.94. The van der Waals surface area contributed by atoms with Gasteiger partial charge in [-0.3, -0.25) is 9.59 Å². The molecule has 0 radical (unpaired) electrons. The van der Waals surface area contributed by atoms with Crippen LogP contribution in [0.5, 0.6) is 0 Å². The fraction of sp³-hybridized carbons (Fsp3) is 0.0400. The Kier molecular flexibility index (Phi) is 5.08. The van der Waals surface area contributed by atoms with Gasteiger partial charge in [-0.1, -0.05) is 54.1 Å². The maximum absolute atomic E-state index is 12.7. The molecule has 4 heteroatoms. The molecule has 0 unspecified atom stereocenters. The molecule has 29 heavy (non-hydrogen) atoms. The maximum atomic E-state index is 12.7. The number of anilines is 2. The van der Waals surface area contributed by atoms with Crippen molar-refractivity contribution in [3.8, 4) is 0 Å². The van der Waals surface area contributed by atoms with Gasteiger partial charge >= 0.3 is 0 Å². The second-order valence-electron chi connectivity index (χ2n) is 6.92. The van der Waals surface area contributed by atoms with Crippen LogP contribution in [0.15, 0.2) is 91.0 Å². The molecule has 0 saturated carbocycles. The minimum absolute atomic E-state index is 0.208. The zero-order valence-electron chi connectivity index (χ0n) is 16.0. The summed E-state index contributed by atoms with van der Waals surface area (Å²) in [4.78, 5) is 25.1. The van der Waals surface area contributed by atoms with Crippen molar-refractivity contribution in [2.45, 2.75) is 6.92 Å². The average Bonchev–Trinajstić information content (AvgIpc) is 2.74. The Morgan fingerprint density at radius 3 is 1.93 bits per heavy atom. The minimum atomic E-state index is -0.230. The van der Waals surface area contributed by atoms with E-state index in [-0.39, 0.29) is 11.8 Å². The highest BCUT2D eigenvalue weighted by Gasteiger charge is 2.10. The summed E-state index contributed by atoms with van der Waals surface area (Å²) in [7, 11) is 0. The number of carbonyl (C=O) groups excluding carboxylic acids is 2. The molecule has 0 fully saturated rings. The van der Waals surface area contributed by atoms with Crippen molar-refractivity contribution >= 4 is 34.0 Å². The van der Waals surface area contributed by atoms with E-state index < -0.39 is 0 Å². The quantitative estimate of drug-likeness (QED) is 0.480. The van der Waals surface area contributed by atoms with E-state index in [2.05, 4.69) is 10.6 Å². The fourth-order valence-electron chi connectivity index (χ4n) is 3.20. The van der Waals surface area contributed by atoms with Crippen LogP contribution in [-0.2, 0) is 0 Å². The molecule has 0 aliphatic rings. The first-order chi connectivity index (χ1) is 14.1. The number of hydrogen-bond donors (Lipinski definition) is 2. The van der Waals surface area contributed by atoms with Crippen LogP contribution in [0.4, 0.5) is 11.4 Å². The molecule has 0 spiro atoms. The summed E-state index contributed by atoms with van der Waals surface area (Å²) in [5.74, 6) is -0.437. The van der Waals surface area contributed by atoms with Gasteiger partial charge in [0, 0.05) is 22.5 Å². The van der Waals surface area contributed by atoms with Gasteiger partial charge in [0.2, 0.25) is 0 Å². The van der Waals surface area contributed by atoms with Crippen LogP contribution in [-0.4, -0.2) is 11.8 Å². The van der Waals surface area contributed by atoms with Crippen LogP contribution in [0.2, 0.25) is 0 Å². The molecule has 2 N–H and O–H groups in total. The van der Waals surface area contributed by atoms with Crippen LogP contribution < -0.4 is 10.6 Å². The third-order valence-corrected chi connectivity index (χ3v) is 4.67. The van der Waals surface area contributed by atoms with Crippen molar-refractivity contribution in [3.63, 3.8) is 0 Å². The third kappa shape index (κ3) is 4.33. The molecule has 2 amide bonds. The van der Waals surface area contributed by atoms with Crippen molar-refractivity contribution in [1.29, 1.82) is 0 Å². The Bertz CT molecular complexity index is 1210. The number of amides is 2. The Hall–Kier alpha value is -3.92. The molecule has 4 aromatic carbocycles. The number of aryl methyl sites for hydroxylation is 1. The normalized spacial score (nSPS) is 10.5. The third-order valence-electron chi connectivity index (χ3n) is 4.67. The van der Waals surface area contributed by atoms with Gasteiger partial charge in [-0.2, -0.15) is 0 Å². The van der Waals surface area contributed by atoms with Crippen LogP contribution >= 0.6 is 0 Å². The number of fused-ring (bicyclic) bond motifs is 1. The van der Waals surface area contributed by atoms with E-state index in [9.17, 15) is 9.59 Å². The summed E-state index contributed by atoms with van der Waals surface area (Å²) in [6, 6.07) is 28.1. The lowest BCUT2D eigenvalue weighted by molar-refractivity contribution is 0.101. The second-order valence-corrected chi connectivity index (χ2v) is 6.92. The van der Waals surface area contributed by atoms with E-state index in [1.54, 1.807) is 30.3 Å². The molecule has 0 saturated heterocycles. The molecule has 0 atom stereocenters. The fourth-order valence-corrected chi connectivity index (χ4v) is 3.20. The maximum Gasteiger partial charge on any atom is 0.255 e. The molecule has 142 valence electrons. The zero-order chi connectivity index (χ0) is 20.2. The predicted molar refractivity (Wildman–Crippen MR) is 117 cm³/mol. The van der Waals surface area contributed by atoms with E-state index in [0.717, 1.165) is 22.0 Å². The van der Waals surface area contributed by atoms with E-state index in [0.29, 0.717) is 16.8 Å². The van der Waals surface area contributed by atoms with Gasteiger partial charge in [-0.25, -0.2) is 0 Å². The first-order valence-electron chi connectivity index (χ1n) is 9.37. The number of carbonyl (C=O) groups is 2. The first-order valence-corrected chi connectivity index (χ1v) is 9.37. The minimum Gasteiger partial charge on any atom is -0.322 e. The van der Waals surface area contributed by atoms with E-state index in [1.165, 1.54) is 0 Å². The second kappa shape index (κ2) is 7.98. The van der Waals surface area contributed by atoms with Crippen molar-refractivity contribution in [3.05, 3.63) is 108 Å². The van der Waals surface area contributed by atoms with Crippen molar-refractivity contribution in [2.24, 2.45) is 0 Å². The SMILES string of the molecule is Cc1cccc(C(=O)Nc2cccc(C(=O)Nc3ccc4ccccc4c3)c2)c1. The Morgan fingerprint density at radius 1 is 0.586 bits per heavy atom. The van der Waals surface area contributed by atoms with E-state index >= 15 is 0 Å². The predicted octanol–water partition coefficient (Wildman–Crippen LogP) is 5.65. The van der Waals surface area contributed by atoms with E-state index in [1.807, 2.05) is 67.6 Å². The lowest BCUT2D eigenvalue weighted by Crippen LogP contribution is -2.14. The topological polar surface area (TPSA) is 58.2 Å². The zero-order valence-corrected chi connectivity index (χ0v) is 16.0. The molecule has 0 aliphatic carbocycles. The molecule has 0 bridgehead atoms. The monoisotopic (exact) mass is 380 g/mol. The highest BCUT2D eigenvalue weighted by atomic mass is 16.2. The molecule has 4 aromatic rings. The van der Waals surface area contributed by atoms with Gasteiger partial charge in [-0.05, 0) is 60.2 Å². The van der Waals surface area contributed by atoms with Crippen molar-refractivity contribution < 1.29 is 9.59 Å². The summed E-state index contributed by atoms with van der Waals surface area (Å²) in [5, 5.41) is 7.94. The van der Waals surface area contributed by atoms with Gasteiger partial charge in [0.1, 0.15) is 0 Å². The highest BCUT2D eigenvalue weighted by molar-refractivity contribution is 6.08. The summed E-state index contributed by atoms with van der Waals surface area (Å²) >= 11 is 0. The Morgan fingerprint density at radius 2 is 1.21 bits per heavy atom. The highest BCUT2D eigenvalue weighted by Crippen LogP contribution is 2.20. The van der Waals surface area contributed by atoms with Crippen LogP contribution in [0.1, 0.15) is 26.3 Å². The number of hydrogen-bond acceptors (Lipinski definition) is 2. The van der Waals surface area contributed by atoms with Crippen LogP contribution in [0.3, 0.4) is 0 Å². The Balaban J connectivity index is 1.50. The molecule has 4 nitrogen and oxygen atoms in total. The smallest absolute Gasteiger partial charge is 0.255 e. The summed E-state index contributed by atoms with van der Waals surface area (Å²) in [6.07, 6.45) is 0. The summed E-state index contributed by atoms with van der Waals surface area (Å²) < 4.78 is 0. The first kappa shape index (κ1) is 18.4. The summed E-state index contributed by atoms with van der Waals surface area (Å²) in [5.41, 5.74) is 3.36. The number of nitrogens with one attached hydrogen (secondary N) is 2. The average molecular weight is 380 g/mol. The van der Waals surface area contributed by atoms with Gasteiger partial charge in [-0.15, -0.1) is 0 Å². The van der Waals surface area contributed by atoms with Gasteiger partial charge in [0.15, 0.2) is 0 Å². The van der Waals surface area contributed by atoms with Crippen LogP contribution in [0, 0.1) is 6.92 Å². The van der Waals surface area contributed by atoms with Gasteiger partial charge in [0.25, 0.3) is 11.8 Å². The lowest BCUT2D eigenvalue weighted by Gasteiger charge is -2.09. The van der Waals surface area contributed by atoms with Gasteiger partial charge in [0.05, 0.1) is 0 Å². The molecule has 0 aliphatic heterocycles. The number of benzene rings is 4. The largest absolute Gasteiger partial charge is 0.322 e. The van der Waals surface area contributed by atoms with E-state index in [4.69, 9.17) is 0 Å². The number of rotatable bonds is 4. The lowest BCUT2D eigenvalue weighted by atomic mass is 10.1. The van der Waals surface area contributed by atoms with Gasteiger partial charge < -0.3 is 10.6 Å². The molecule has 0 heterocycles. The van der Waals surface area contributed by atoms with Crippen molar-refractivity contribution in [1.82, 2.24) is 0 Å². The van der Waals surface area contributed by atoms with Crippen LogP contribution in [0.25, 0.3) is 10.8 Å². The molecular weight excluding hydrogens is 360 g/mol. The molecular formula is C25H20N2O2.